The second kappa shape index (κ2) is 9.48. The highest BCUT2D eigenvalue weighted by Crippen LogP contribution is 2.29. The Morgan fingerprint density at radius 2 is 1.67 bits per heavy atom. The van der Waals surface area contributed by atoms with Crippen LogP contribution in [0.15, 0.2) is 95.4 Å². The van der Waals surface area contributed by atoms with Crippen LogP contribution in [0.5, 0.6) is 11.5 Å². The number of hydrogen-bond donors (Lipinski definition) is 3. The molecule has 3 aromatic carbocycles. The number of carbonyl (C=O) groups is 1. The van der Waals surface area contributed by atoms with Crippen LogP contribution in [-0.2, 0) is 28.0 Å². The van der Waals surface area contributed by atoms with Crippen molar-refractivity contribution in [2.24, 2.45) is 4.99 Å². The van der Waals surface area contributed by atoms with Gasteiger partial charge in [-0.3, -0.25) is 19.2 Å². The minimum Gasteiger partial charge on any atom is -0.508 e. The molecule has 2 heterocycles. The largest absolute Gasteiger partial charge is 0.508 e. The number of aliphatic imine (C=N–C) groups is 1. The van der Waals surface area contributed by atoms with E-state index in [0.717, 1.165) is 11.1 Å². The molecule has 1 unspecified atom stereocenters. The van der Waals surface area contributed by atoms with Crippen LogP contribution in [0, 0.1) is 0 Å². The molecule has 10 heteroatoms. The molecule has 0 spiro atoms. The first-order chi connectivity index (χ1) is 17.2. The Morgan fingerprint density at radius 1 is 0.972 bits per heavy atom. The van der Waals surface area contributed by atoms with Crippen molar-refractivity contribution in [3.05, 3.63) is 107 Å². The van der Waals surface area contributed by atoms with E-state index in [1.807, 2.05) is 30.3 Å². The third kappa shape index (κ3) is 5.24. The van der Waals surface area contributed by atoms with E-state index < -0.39 is 16.4 Å². The summed E-state index contributed by atoms with van der Waals surface area (Å²) in [5.41, 5.74) is 4.00. The second-order valence-electron chi connectivity index (χ2n) is 8.54. The van der Waals surface area contributed by atoms with Gasteiger partial charge < -0.3 is 14.6 Å². The monoisotopic (exact) mass is 505 g/mol. The summed E-state index contributed by atoms with van der Waals surface area (Å²) in [6, 6.07) is 22.2. The fourth-order valence-electron chi connectivity index (χ4n) is 4.30. The minimum atomic E-state index is -4.62. The van der Waals surface area contributed by atoms with E-state index in [-0.39, 0.29) is 24.0 Å². The summed E-state index contributed by atoms with van der Waals surface area (Å²) in [5, 5.41) is 12.9. The number of nitrogens with zero attached hydrogens (tertiary/aromatic N) is 2. The maximum atomic E-state index is 13.4. The first-order valence-corrected chi connectivity index (χ1v) is 12.6. The Kier molecular flexibility index (Phi) is 6.21. The molecular weight excluding hydrogens is 482 g/mol. The maximum absolute atomic E-state index is 13.4. The number of nitrogens with one attached hydrogen (secondary N) is 1. The standard InChI is InChI=1S/C26H23N3O6S/c30-20-10-6-18(7-11-20)15-23-26(31)29-16-24(19-8-12-21(13-9-19)35-36(32,33)34)27-22(25(29)28-23)14-17-4-2-1-3-5-17/h1-13,23,28,30H,14-16H2,(H,32,33,34). The Hall–Kier alpha value is -4.15. The highest BCUT2D eigenvalue weighted by molar-refractivity contribution is 7.81. The highest BCUT2D eigenvalue weighted by Gasteiger charge is 2.39. The minimum absolute atomic E-state index is 0.0359. The molecule has 0 aromatic heterocycles. The van der Waals surface area contributed by atoms with Crippen LogP contribution in [-0.4, -0.2) is 47.2 Å². The number of hydrogen-bond acceptors (Lipinski definition) is 7. The lowest BCUT2D eigenvalue weighted by atomic mass is 10.0. The van der Waals surface area contributed by atoms with Gasteiger partial charge in [-0.05, 0) is 53.1 Å². The van der Waals surface area contributed by atoms with Gasteiger partial charge in [0.2, 0.25) is 0 Å². The summed E-state index contributed by atoms with van der Waals surface area (Å²) < 4.78 is 35.4. The predicted octanol–water partition coefficient (Wildman–Crippen LogP) is 2.83. The number of benzene rings is 3. The van der Waals surface area contributed by atoms with Gasteiger partial charge in [0.1, 0.15) is 23.4 Å². The highest BCUT2D eigenvalue weighted by atomic mass is 32.3. The molecule has 3 N–H and O–H groups in total. The Labute approximate surface area is 208 Å². The third-order valence-electron chi connectivity index (χ3n) is 5.98. The molecule has 5 rings (SSSR count). The average Bonchev–Trinajstić information content (AvgIpc) is 3.16. The van der Waals surface area contributed by atoms with Gasteiger partial charge in [0.15, 0.2) is 0 Å². The van der Waals surface area contributed by atoms with Crippen LogP contribution in [0.3, 0.4) is 0 Å². The SMILES string of the molecule is O=C1C(Cc2ccc(O)cc2)NC2=C(Cc3ccccc3)N=C(c3ccc(OS(=O)(=O)O)cc3)CN12. The molecule has 36 heavy (non-hydrogen) atoms. The van der Waals surface area contributed by atoms with Crippen LogP contribution >= 0.6 is 0 Å². The van der Waals surface area contributed by atoms with E-state index >= 15 is 0 Å². The van der Waals surface area contributed by atoms with Crippen LogP contribution in [0.25, 0.3) is 0 Å². The molecule has 0 aliphatic carbocycles. The van der Waals surface area contributed by atoms with Crippen molar-refractivity contribution >= 4 is 22.0 Å². The fraction of sp³-hybridized carbons (Fsp3) is 0.154. The topological polar surface area (TPSA) is 129 Å². The number of phenols is 1. The van der Waals surface area contributed by atoms with Gasteiger partial charge in [-0.2, -0.15) is 8.42 Å². The molecule has 2 aliphatic rings. The zero-order valence-electron chi connectivity index (χ0n) is 19.0. The van der Waals surface area contributed by atoms with Crippen molar-refractivity contribution in [1.29, 1.82) is 0 Å². The van der Waals surface area contributed by atoms with Gasteiger partial charge in [0, 0.05) is 12.8 Å². The molecule has 0 saturated carbocycles. The first kappa shape index (κ1) is 23.6. The molecule has 1 atom stereocenters. The van der Waals surface area contributed by atoms with E-state index in [1.165, 1.54) is 12.1 Å². The van der Waals surface area contributed by atoms with Crippen LogP contribution < -0.4 is 9.50 Å². The molecule has 1 saturated heterocycles. The first-order valence-electron chi connectivity index (χ1n) is 11.2. The molecular formula is C26H23N3O6S. The molecule has 0 bridgehead atoms. The fourth-order valence-corrected chi connectivity index (χ4v) is 4.65. The van der Waals surface area contributed by atoms with Gasteiger partial charge in [0.25, 0.3) is 5.91 Å². The van der Waals surface area contributed by atoms with Crippen molar-refractivity contribution in [2.75, 3.05) is 6.54 Å². The Morgan fingerprint density at radius 3 is 2.33 bits per heavy atom. The van der Waals surface area contributed by atoms with Crippen molar-refractivity contribution in [3.8, 4) is 11.5 Å². The zero-order valence-corrected chi connectivity index (χ0v) is 19.9. The summed E-state index contributed by atoms with van der Waals surface area (Å²) in [7, 11) is -4.62. The maximum Gasteiger partial charge on any atom is 0.446 e. The van der Waals surface area contributed by atoms with Crippen molar-refractivity contribution in [2.45, 2.75) is 18.9 Å². The van der Waals surface area contributed by atoms with E-state index in [4.69, 9.17) is 9.55 Å². The number of carbonyl (C=O) groups excluding carboxylic acids is 1. The van der Waals surface area contributed by atoms with Crippen molar-refractivity contribution < 1.29 is 27.1 Å². The lowest BCUT2D eigenvalue weighted by Crippen LogP contribution is -2.36. The number of phenolic OH excluding ortho intramolecular Hbond substituents is 1. The molecule has 1 fully saturated rings. The zero-order chi connectivity index (χ0) is 25.3. The van der Waals surface area contributed by atoms with E-state index in [0.29, 0.717) is 35.6 Å². The number of rotatable bonds is 7. The van der Waals surface area contributed by atoms with Crippen molar-refractivity contribution in [3.63, 3.8) is 0 Å². The van der Waals surface area contributed by atoms with E-state index in [2.05, 4.69) is 9.50 Å². The second-order valence-corrected chi connectivity index (χ2v) is 9.57. The number of fused-ring (bicyclic) bond motifs is 1. The molecule has 0 radical (unpaired) electrons. The third-order valence-corrected chi connectivity index (χ3v) is 6.38. The Balaban J connectivity index is 1.45. The lowest BCUT2D eigenvalue weighted by molar-refractivity contribution is -0.127. The van der Waals surface area contributed by atoms with Gasteiger partial charge in [-0.25, -0.2) is 0 Å². The van der Waals surface area contributed by atoms with Gasteiger partial charge >= 0.3 is 10.4 Å². The van der Waals surface area contributed by atoms with Crippen LogP contribution in [0.1, 0.15) is 16.7 Å². The van der Waals surface area contributed by atoms with Gasteiger partial charge in [0.05, 0.1) is 18.0 Å². The van der Waals surface area contributed by atoms with Crippen LogP contribution in [0.4, 0.5) is 0 Å². The number of amides is 1. The Bertz CT molecular complexity index is 1450. The predicted molar refractivity (Wildman–Crippen MR) is 133 cm³/mol. The number of aromatic hydroxyl groups is 1. The molecule has 2 aliphatic heterocycles. The quantitative estimate of drug-likeness (QED) is 0.421. The summed E-state index contributed by atoms with van der Waals surface area (Å²) >= 11 is 0. The van der Waals surface area contributed by atoms with Crippen molar-refractivity contribution in [1.82, 2.24) is 10.2 Å². The lowest BCUT2D eigenvalue weighted by Gasteiger charge is -2.25. The van der Waals surface area contributed by atoms with Crippen LogP contribution in [0.2, 0.25) is 0 Å². The summed E-state index contributed by atoms with van der Waals surface area (Å²) in [4.78, 5) is 20.0. The molecule has 9 nitrogen and oxygen atoms in total. The molecule has 3 aromatic rings. The number of allylic oxidation sites excluding steroid dienone is 1. The smallest absolute Gasteiger partial charge is 0.446 e. The summed E-state index contributed by atoms with van der Waals surface area (Å²) in [6.45, 7) is 0.240. The average molecular weight is 506 g/mol. The summed E-state index contributed by atoms with van der Waals surface area (Å²) in [6.07, 6.45) is 0.959. The summed E-state index contributed by atoms with van der Waals surface area (Å²) in [5.74, 6) is 0.720. The normalized spacial score (nSPS) is 17.5. The van der Waals surface area contributed by atoms with Gasteiger partial charge in [-0.15, -0.1) is 0 Å². The molecule has 184 valence electrons. The van der Waals surface area contributed by atoms with E-state index in [9.17, 15) is 18.3 Å². The van der Waals surface area contributed by atoms with E-state index in [1.54, 1.807) is 41.3 Å². The van der Waals surface area contributed by atoms with Gasteiger partial charge in [-0.1, -0.05) is 42.5 Å². The molecule has 1 amide bonds.